The second-order valence-electron chi connectivity index (χ2n) is 4.01. The molecule has 0 unspecified atom stereocenters. The van der Waals surface area contributed by atoms with Gasteiger partial charge in [0.1, 0.15) is 0 Å². The predicted octanol–water partition coefficient (Wildman–Crippen LogP) is 0.820. The Morgan fingerprint density at radius 2 is 2.32 bits per heavy atom. The average molecular weight is 280 g/mol. The lowest BCUT2D eigenvalue weighted by molar-refractivity contribution is 0.100. The van der Waals surface area contributed by atoms with E-state index in [9.17, 15) is 4.79 Å². The van der Waals surface area contributed by atoms with E-state index >= 15 is 0 Å². The number of benzene rings is 1. The Labute approximate surface area is 115 Å². The van der Waals surface area contributed by atoms with Crippen molar-refractivity contribution in [3.8, 4) is 0 Å². The van der Waals surface area contributed by atoms with E-state index in [1.165, 1.54) is 0 Å². The van der Waals surface area contributed by atoms with Crippen molar-refractivity contribution in [1.29, 1.82) is 0 Å². The molecule has 1 aromatic heterocycles. The molecule has 1 aromatic carbocycles. The molecule has 2 rings (SSSR count). The van der Waals surface area contributed by atoms with E-state index in [4.69, 9.17) is 17.3 Å². The van der Waals surface area contributed by atoms with Gasteiger partial charge in [-0.05, 0) is 17.7 Å². The number of nitrogens with two attached hydrogens (primary N) is 1. The highest BCUT2D eigenvalue weighted by molar-refractivity contribution is 6.31. The number of amides is 1. The van der Waals surface area contributed by atoms with E-state index in [0.29, 0.717) is 17.1 Å². The highest BCUT2D eigenvalue weighted by Gasteiger charge is 2.05. The SMILES string of the molecule is NC(=O)c1ccc(CNCCn2ccnn2)c(Cl)c1. The van der Waals surface area contributed by atoms with Crippen molar-refractivity contribution in [2.24, 2.45) is 5.73 Å². The summed E-state index contributed by atoms with van der Waals surface area (Å²) >= 11 is 6.08. The number of hydrogen-bond acceptors (Lipinski definition) is 4. The first-order valence-electron chi connectivity index (χ1n) is 5.80. The summed E-state index contributed by atoms with van der Waals surface area (Å²) in [5.74, 6) is -0.479. The summed E-state index contributed by atoms with van der Waals surface area (Å²) in [7, 11) is 0. The Morgan fingerprint density at radius 1 is 1.47 bits per heavy atom. The summed E-state index contributed by atoms with van der Waals surface area (Å²) < 4.78 is 1.74. The number of rotatable bonds is 6. The Hall–Kier alpha value is -1.92. The smallest absolute Gasteiger partial charge is 0.248 e. The number of halogens is 1. The van der Waals surface area contributed by atoms with Gasteiger partial charge in [0, 0.05) is 29.9 Å². The molecule has 0 saturated carbocycles. The van der Waals surface area contributed by atoms with Gasteiger partial charge in [0.25, 0.3) is 0 Å². The minimum absolute atomic E-state index is 0.413. The zero-order chi connectivity index (χ0) is 13.7. The second kappa shape index (κ2) is 6.31. The summed E-state index contributed by atoms with van der Waals surface area (Å²) in [6.45, 7) is 2.10. The standard InChI is InChI=1S/C12H14ClN5O/c13-11-7-9(12(14)19)1-2-10(11)8-15-3-5-18-6-4-16-17-18/h1-2,4,6-7,15H,3,5,8H2,(H2,14,19). The highest BCUT2D eigenvalue weighted by Crippen LogP contribution is 2.17. The van der Waals surface area contributed by atoms with Gasteiger partial charge < -0.3 is 11.1 Å². The van der Waals surface area contributed by atoms with Crippen LogP contribution in [0.15, 0.2) is 30.6 Å². The third-order valence-corrected chi connectivity index (χ3v) is 2.99. The lowest BCUT2D eigenvalue weighted by Gasteiger charge is -2.07. The molecule has 0 spiro atoms. The maximum atomic E-state index is 11.0. The molecule has 0 bridgehead atoms. The minimum atomic E-state index is -0.479. The summed E-state index contributed by atoms with van der Waals surface area (Å²) in [5, 5.41) is 11.4. The summed E-state index contributed by atoms with van der Waals surface area (Å²) in [5.41, 5.74) is 6.51. The van der Waals surface area contributed by atoms with E-state index in [2.05, 4.69) is 15.6 Å². The predicted molar refractivity (Wildman–Crippen MR) is 71.7 cm³/mol. The number of hydrogen-bond donors (Lipinski definition) is 2. The third kappa shape index (κ3) is 3.77. The van der Waals surface area contributed by atoms with Gasteiger partial charge in [-0.15, -0.1) is 5.10 Å². The van der Waals surface area contributed by atoms with Crippen LogP contribution in [0.5, 0.6) is 0 Å². The maximum Gasteiger partial charge on any atom is 0.248 e. The first kappa shape index (κ1) is 13.5. The Bertz CT molecular complexity index is 555. The van der Waals surface area contributed by atoms with Gasteiger partial charge in [0.05, 0.1) is 12.7 Å². The topological polar surface area (TPSA) is 85.8 Å². The zero-order valence-corrected chi connectivity index (χ0v) is 11.0. The normalized spacial score (nSPS) is 10.6. The van der Waals surface area contributed by atoms with Crippen LogP contribution in [0.1, 0.15) is 15.9 Å². The van der Waals surface area contributed by atoms with E-state index in [0.717, 1.165) is 18.7 Å². The van der Waals surface area contributed by atoms with Crippen LogP contribution in [0.3, 0.4) is 0 Å². The van der Waals surface area contributed by atoms with Gasteiger partial charge in [-0.1, -0.05) is 22.9 Å². The Balaban J connectivity index is 1.84. The van der Waals surface area contributed by atoms with Crippen molar-refractivity contribution in [3.05, 3.63) is 46.7 Å². The van der Waals surface area contributed by atoms with Crippen LogP contribution in [0.2, 0.25) is 5.02 Å². The van der Waals surface area contributed by atoms with Crippen LogP contribution in [0, 0.1) is 0 Å². The van der Waals surface area contributed by atoms with E-state index in [1.807, 2.05) is 0 Å². The number of nitrogens with one attached hydrogen (secondary N) is 1. The molecule has 0 fully saturated rings. The molecule has 3 N–H and O–H groups in total. The van der Waals surface area contributed by atoms with Crippen molar-refractivity contribution >= 4 is 17.5 Å². The molecule has 0 aliphatic carbocycles. The molecule has 0 aliphatic rings. The molecule has 0 saturated heterocycles. The van der Waals surface area contributed by atoms with Gasteiger partial charge in [0.2, 0.25) is 5.91 Å². The molecule has 0 aliphatic heterocycles. The minimum Gasteiger partial charge on any atom is -0.366 e. The van der Waals surface area contributed by atoms with Crippen molar-refractivity contribution in [2.45, 2.75) is 13.1 Å². The van der Waals surface area contributed by atoms with E-state index in [1.54, 1.807) is 35.3 Å². The van der Waals surface area contributed by atoms with Gasteiger partial charge in [-0.2, -0.15) is 0 Å². The third-order valence-electron chi connectivity index (χ3n) is 2.64. The highest BCUT2D eigenvalue weighted by atomic mass is 35.5. The van der Waals surface area contributed by atoms with Crippen LogP contribution in [0.25, 0.3) is 0 Å². The molecule has 19 heavy (non-hydrogen) atoms. The molecule has 1 amide bonds. The number of aromatic nitrogens is 3. The molecular formula is C12H14ClN5O. The van der Waals surface area contributed by atoms with Crippen LogP contribution in [0.4, 0.5) is 0 Å². The molecule has 0 atom stereocenters. The number of nitrogens with zero attached hydrogens (tertiary/aromatic N) is 3. The van der Waals surface area contributed by atoms with Crippen molar-refractivity contribution in [1.82, 2.24) is 20.3 Å². The lowest BCUT2D eigenvalue weighted by atomic mass is 10.1. The summed E-state index contributed by atoms with van der Waals surface area (Å²) in [6.07, 6.45) is 3.44. The fourth-order valence-electron chi connectivity index (χ4n) is 1.61. The maximum absolute atomic E-state index is 11.0. The molecular weight excluding hydrogens is 266 g/mol. The quantitative estimate of drug-likeness (QED) is 0.767. The van der Waals surface area contributed by atoms with E-state index in [-0.39, 0.29) is 0 Å². The van der Waals surface area contributed by atoms with Crippen LogP contribution in [-0.4, -0.2) is 27.4 Å². The monoisotopic (exact) mass is 279 g/mol. The number of carbonyl (C=O) groups excluding carboxylic acids is 1. The molecule has 0 radical (unpaired) electrons. The molecule has 7 heteroatoms. The van der Waals surface area contributed by atoms with Crippen LogP contribution < -0.4 is 11.1 Å². The fourth-order valence-corrected chi connectivity index (χ4v) is 1.86. The lowest BCUT2D eigenvalue weighted by Crippen LogP contribution is -2.20. The number of carbonyl (C=O) groups is 1. The van der Waals surface area contributed by atoms with E-state index < -0.39 is 5.91 Å². The Kier molecular flexibility index (Phi) is 4.48. The van der Waals surface area contributed by atoms with Gasteiger partial charge >= 0.3 is 0 Å². The van der Waals surface area contributed by atoms with Gasteiger partial charge in [0.15, 0.2) is 0 Å². The number of primary amides is 1. The first-order valence-corrected chi connectivity index (χ1v) is 6.17. The first-order chi connectivity index (χ1) is 9.16. The second-order valence-corrected chi connectivity index (χ2v) is 4.42. The largest absolute Gasteiger partial charge is 0.366 e. The Morgan fingerprint density at radius 3 is 2.95 bits per heavy atom. The van der Waals surface area contributed by atoms with Gasteiger partial charge in [-0.3, -0.25) is 9.48 Å². The molecule has 2 aromatic rings. The summed E-state index contributed by atoms with van der Waals surface area (Å²) in [4.78, 5) is 11.0. The average Bonchev–Trinajstić information content (AvgIpc) is 2.89. The van der Waals surface area contributed by atoms with Gasteiger partial charge in [-0.25, -0.2) is 0 Å². The molecule has 100 valence electrons. The van der Waals surface area contributed by atoms with Crippen molar-refractivity contribution in [3.63, 3.8) is 0 Å². The van der Waals surface area contributed by atoms with Crippen molar-refractivity contribution in [2.75, 3.05) is 6.54 Å². The zero-order valence-electron chi connectivity index (χ0n) is 10.2. The fraction of sp³-hybridized carbons (Fsp3) is 0.250. The van der Waals surface area contributed by atoms with Crippen LogP contribution in [-0.2, 0) is 13.1 Å². The summed E-state index contributed by atoms with van der Waals surface area (Å²) in [6, 6.07) is 5.05. The van der Waals surface area contributed by atoms with Crippen LogP contribution >= 0.6 is 11.6 Å². The molecule has 1 heterocycles. The molecule has 6 nitrogen and oxygen atoms in total. The van der Waals surface area contributed by atoms with Crippen molar-refractivity contribution < 1.29 is 4.79 Å².